The van der Waals surface area contributed by atoms with Gasteiger partial charge >= 0.3 is 0 Å². The van der Waals surface area contributed by atoms with E-state index in [1.54, 1.807) is 37.4 Å². The van der Waals surface area contributed by atoms with Crippen LogP contribution in [0.5, 0.6) is 0 Å². The van der Waals surface area contributed by atoms with E-state index in [9.17, 15) is 19.3 Å². The molecule has 0 radical (unpaired) electrons. The number of rotatable bonds is 6. The molecular weight excluding hydrogens is 401 g/mol. The first-order valence-electron chi connectivity index (χ1n) is 10.0. The molecule has 0 spiro atoms. The van der Waals surface area contributed by atoms with E-state index in [4.69, 9.17) is 0 Å². The highest BCUT2D eigenvalue weighted by Crippen LogP contribution is 2.32. The van der Waals surface area contributed by atoms with Crippen molar-refractivity contribution in [2.24, 2.45) is 0 Å². The summed E-state index contributed by atoms with van der Waals surface area (Å²) in [6.45, 7) is 2.62. The third kappa shape index (κ3) is 4.46. The molecule has 2 N–H and O–H groups in total. The molecule has 0 unspecified atom stereocenters. The number of likely N-dealkylation sites (tertiary alicyclic amines) is 1. The van der Waals surface area contributed by atoms with Gasteiger partial charge < -0.3 is 10.3 Å². The molecule has 1 atom stereocenters. The zero-order chi connectivity index (χ0) is 22.0. The predicted octanol–water partition coefficient (Wildman–Crippen LogP) is 4.21. The zero-order valence-corrected chi connectivity index (χ0v) is 17.0. The number of nitro groups is 1. The number of amides is 1. The molecule has 4 rings (SSSR count). The van der Waals surface area contributed by atoms with Gasteiger partial charge in [-0.1, -0.05) is 12.1 Å². The summed E-state index contributed by atoms with van der Waals surface area (Å²) >= 11 is 0. The molecule has 1 aliphatic heterocycles. The number of benzene rings is 2. The monoisotopic (exact) mass is 423 g/mol. The molecule has 0 aliphatic carbocycles. The molecule has 0 saturated carbocycles. The maximum absolute atomic E-state index is 14.1. The Bertz CT molecular complexity index is 1130. The van der Waals surface area contributed by atoms with Gasteiger partial charge in [-0.05, 0) is 50.1 Å². The lowest BCUT2D eigenvalue weighted by Gasteiger charge is -2.22. The lowest BCUT2D eigenvalue weighted by molar-refractivity contribution is -0.384. The van der Waals surface area contributed by atoms with Gasteiger partial charge in [0.15, 0.2) is 0 Å². The van der Waals surface area contributed by atoms with Crippen molar-refractivity contribution in [2.75, 3.05) is 18.4 Å². The van der Waals surface area contributed by atoms with E-state index in [0.717, 1.165) is 19.4 Å². The minimum absolute atomic E-state index is 0.0152. The second kappa shape index (κ2) is 8.65. The van der Waals surface area contributed by atoms with E-state index in [2.05, 4.69) is 15.3 Å². The first-order valence-corrected chi connectivity index (χ1v) is 10.0. The molecule has 9 heteroatoms. The minimum atomic E-state index is -0.466. The molecule has 160 valence electrons. The number of anilines is 1. The highest BCUT2D eigenvalue weighted by molar-refractivity contribution is 5.93. The third-order valence-corrected chi connectivity index (χ3v) is 5.48. The van der Waals surface area contributed by atoms with Crippen molar-refractivity contribution in [3.63, 3.8) is 0 Å². The second-order valence-electron chi connectivity index (χ2n) is 7.59. The topological polar surface area (TPSA) is 104 Å². The molecule has 3 aromatic rings. The maximum atomic E-state index is 14.1. The first-order chi connectivity index (χ1) is 14.9. The maximum Gasteiger partial charge on any atom is 0.269 e. The SMILES string of the molecule is Cc1cc([N+](=O)[O-])ccc1NC(=O)CN1CCC[C@@H]1c1ncc(-c2ccccc2F)[nH]1. The Kier molecular flexibility index (Phi) is 5.77. The van der Waals surface area contributed by atoms with Crippen LogP contribution >= 0.6 is 0 Å². The Morgan fingerprint density at radius 2 is 2.16 bits per heavy atom. The van der Waals surface area contributed by atoms with E-state index in [0.29, 0.717) is 28.3 Å². The number of aromatic nitrogens is 2. The summed E-state index contributed by atoms with van der Waals surface area (Å²) in [6.07, 6.45) is 3.38. The van der Waals surface area contributed by atoms with Crippen LogP contribution in [-0.4, -0.2) is 38.8 Å². The molecule has 2 heterocycles. The summed E-state index contributed by atoms with van der Waals surface area (Å²) in [4.78, 5) is 32.7. The van der Waals surface area contributed by atoms with Gasteiger partial charge in [0.1, 0.15) is 11.6 Å². The van der Waals surface area contributed by atoms with Crippen LogP contribution < -0.4 is 5.32 Å². The van der Waals surface area contributed by atoms with Crippen LogP contribution in [-0.2, 0) is 4.79 Å². The van der Waals surface area contributed by atoms with Crippen LogP contribution in [0.1, 0.15) is 30.3 Å². The van der Waals surface area contributed by atoms with Gasteiger partial charge in [0.05, 0.1) is 29.4 Å². The van der Waals surface area contributed by atoms with Crippen LogP contribution in [0.2, 0.25) is 0 Å². The van der Waals surface area contributed by atoms with Crippen molar-refractivity contribution in [1.82, 2.24) is 14.9 Å². The van der Waals surface area contributed by atoms with Crippen LogP contribution in [0, 0.1) is 22.9 Å². The number of hydrogen-bond acceptors (Lipinski definition) is 5. The number of nitrogens with zero attached hydrogens (tertiary/aromatic N) is 3. The second-order valence-corrected chi connectivity index (χ2v) is 7.59. The quantitative estimate of drug-likeness (QED) is 0.457. The Balaban J connectivity index is 1.44. The van der Waals surface area contributed by atoms with E-state index < -0.39 is 4.92 Å². The largest absolute Gasteiger partial charge is 0.341 e. The van der Waals surface area contributed by atoms with E-state index in [1.807, 2.05) is 4.90 Å². The van der Waals surface area contributed by atoms with Crippen LogP contribution in [0.15, 0.2) is 48.7 Å². The number of carbonyl (C=O) groups excluding carboxylic acids is 1. The van der Waals surface area contributed by atoms with Crippen LogP contribution in [0.3, 0.4) is 0 Å². The van der Waals surface area contributed by atoms with Gasteiger partial charge in [-0.2, -0.15) is 0 Å². The normalized spacial score (nSPS) is 16.4. The number of non-ortho nitro benzene ring substituents is 1. The molecule has 2 aromatic carbocycles. The highest BCUT2D eigenvalue weighted by Gasteiger charge is 2.30. The fraction of sp³-hybridized carbons (Fsp3) is 0.273. The van der Waals surface area contributed by atoms with Gasteiger partial charge in [-0.15, -0.1) is 0 Å². The fourth-order valence-corrected chi connectivity index (χ4v) is 3.92. The Morgan fingerprint density at radius 3 is 2.90 bits per heavy atom. The van der Waals surface area contributed by atoms with Gasteiger partial charge in [0.2, 0.25) is 5.91 Å². The van der Waals surface area contributed by atoms with E-state index >= 15 is 0 Å². The van der Waals surface area contributed by atoms with E-state index in [1.165, 1.54) is 18.2 Å². The van der Waals surface area contributed by atoms with E-state index in [-0.39, 0.29) is 30.0 Å². The number of imidazole rings is 1. The molecule has 0 bridgehead atoms. The van der Waals surface area contributed by atoms with Crippen LogP contribution in [0.25, 0.3) is 11.3 Å². The Hall–Kier alpha value is -3.59. The number of hydrogen-bond donors (Lipinski definition) is 2. The number of aromatic amines is 1. The van der Waals surface area contributed by atoms with Gasteiger partial charge in [0, 0.05) is 23.4 Å². The van der Waals surface area contributed by atoms with Crippen molar-refractivity contribution < 1.29 is 14.1 Å². The third-order valence-electron chi connectivity index (χ3n) is 5.48. The van der Waals surface area contributed by atoms with Gasteiger partial charge in [-0.3, -0.25) is 19.8 Å². The average Bonchev–Trinajstić information content (AvgIpc) is 3.39. The summed E-state index contributed by atoms with van der Waals surface area (Å²) < 4.78 is 14.1. The molecular formula is C22H22FN5O3. The number of carbonyl (C=O) groups is 1. The molecule has 31 heavy (non-hydrogen) atoms. The van der Waals surface area contributed by atoms with Crippen molar-refractivity contribution in [3.8, 4) is 11.3 Å². The van der Waals surface area contributed by atoms with Gasteiger partial charge in [-0.25, -0.2) is 9.37 Å². The lowest BCUT2D eigenvalue weighted by atomic mass is 10.1. The summed E-state index contributed by atoms with van der Waals surface area (Å²) in [6, 6.07) is 10.8. The first kappa shape index (κ1) is 20.7. The fourth-order valence-electron chi connectivity index (χ4n) is 3.92. The summed E-state index contributed by atoms with van der Waals surface area (Å²) in [5, 5.41) is 13.7. The molecule has 1 aromatic heterocycles. The molecule has 1 aliphatic rings. The number of halogens is 1. The number of nitrogens with one attached hydrogen (secondary N) is 2. The van der Waals surface area contributed by atoms with Crippen molar-refractivity contribution >= 4 is 17.3 Å². The van der Waals surface area contributed by atoms with Gasteiger partial charge in [0.25, 0.3) is 5.69 Å². The van der Waals surface area contributed by atoms with Crippen molar-refractivity contribution in [2.45, 2.75) is 25.8 Å². The summed E-state index contributed by atoms with van der Waals surface area (Å²) in [5.74, 6) is 0.179. The highest BCUT2D eigenvalue weighted by atomic mass is 19.1. The number of aryl methyl sites for hydroxylation is 1. The molecule has 1 amide bonds. The summed E-state index contributed by atoms with van der Waals surface area (Å²) in [5.41, 5.74) is 2.22. The Morgan fingerprint density at radius 1 is 1.35 bits per heavy atom. The average molecular weight is 423 g/mol. The van der Waals surface area contributed by atoms with Crippen molar-refractivity contribution in [3.05, 3.63) is 76.0 Å². The summed E-state index contributed by atoms with van der Waals surface area (Å²) in [7, 11) is 0. The zero-order valence-electron chi connectivity index (χ0n) is 17.0. The Labute approximate surface area is 178 Å². The lowest BCUT2D eigenvalue weighted by Crippen LogP contribution is -2.33. The smallest absolute Gasteiger partial charge is 0.269 e. The minimum Gasteiger partial charge on any atom is -0.341 e. The number of H-pyrrole nitrogens is 1. The van der Waals surface area contributed by atoms with Crippen LogP contribution in [0.4, 0.5) is 15.8 Å². The predicted molar refractivity (Wildman–Crippen MR) is 114 cm³/mol. The number of nitro benzene ring substituents is 1. The standard InChI is InChI=1S/C22H22FN5O3/c1-14-11-15(28(30)31)8-9-18(14)25-21(29)13-27-10-4-7-20(27)22-24-12-19(26-22)16-5-2-3-6-17(16)23/h2-3,5-6,8-9,11-12,20H,4,7,10,13H2,1H3,(H,24,26)(H,25,29)/t20-/m1/s1. The molecule has 8 nitrogen and oxygen atoms in total. The molecule has 1 saturated heterocycles. The van der Waals surface area contributed by atoms with Crippen molar-refractivity contribution in [1.29, 1.82) is 0 Å². The molecule has 1 fully saturated rings.